The number of alkyl halides is 3. The molecule has 1 amide bonds. The van der Waals surface area contributed by atoms with Crippen LogP contribution in [-0.4, -0.2) is 40.0 Å². The monoisotopic (exact) mass is 421 g/mol. The number of carbonyl (C=O) groups is 1. The summed E-state index contributed by atoms with van der Waals surface area (Å²) in [6.07, 6.45) is -4.19. The lowest BCUT2D eigenvalue weighted by atomic mass is 10.2. The molecule has 0 aliphatic carbocycles. The first-order chi connectivity index (χ1) is 14.2. The fourth-order valence-corrected chi connectivity index (χ4v) is 2.68. The van der Waals surface area contributed by atoms with E-state index in [0.29, 0.717) is 10.8 Å². The van der Waals surface area contributed by atoms with Crippen LogP contribution in [0.5, 0.6) is 5.75 Å². The number of hydrogen-bond acceptors (Lipinski definition) is 5. The van der Waals surface area contributed by atoms with Crippen molar-refractivity contribution in [2.24, 2.45) is 0 Å². The summed E-state index contributed by atoms with van der Waals surface area (Å²) in [5.41, 5.74) is -1.28. The van der Waals surface area contributed by atoms with Crippen molar-refractivity contribution in [3.05, 3.63) is 70.6 Å². The number of rotatable bonds is 7. The van der Waals surface area contributed by atoms with E-state index in [1.54, 1.807) is 24.3 Å². The molecule has 0 saturated heterocycles. The molecule has 3 rings (SSSR count). The Bertz CT molecular complexity index is 1100. The zero-order valence-corrected chi connectivity index (χ0v) is 15.6. The molecular formula is C20H18F3N3O4. The molecule has 1 heterocycles. The summed E-state index contributed by atoms with van der Waals surface area (Å²) in [5, 5.41) is 17.4. The maximum Gasteiger partial charge on any atom is 0.416 e. The molecule has 0 aliphatic heterocycles. The summed E-state index contributed by atoms with van der Waals surface area (Å²) in [4.78, 5) is 24.4. The van der Waals surface area contributed by atoms with Crippen LogP contribution in [-0.2, 0) is 17.5 Å². The van der Waals surface area contributed by atoms with E-state index in [4.69, 9.17) is 4.74 Å². The van der Waals surface area contributed by atoms with Crippen LogP contribution >= 0.6 is 0 Å². The molecule has 1 aromatic heterocycles. The molecular weight excluding hydrogens is 403 g/mol. The molecule has 30 heavy (non-hydrogen) atoms. The number of carbonyl (C=O) groups excluding carboxylic acids is 1. The molecule has 0 bridgehead atoms. The van der Waals surface area contributed by atoms with Gasteiger partial charge in [0.1, 0.15) is 25.0 Å². The van der Waals surface area contributed by atoms with Crippen molar-refractivity contribution in [2.75, 3.05) is 13.2 Å². The Kier molecular flexibility index (Phi) is 6.36. The van der Waals surface area contributed by atoms with Gasteiger partial charge in [-0.2, -0.15) is 18.3 Å². The van der Waals surface area contributed by atoms with Crippen LogP contribution in [0.4, 0.5) is 13.2 Å². The SMILES string of the molecule is O=C(Cn1ncc2ccccc2c1=O)NCC(O)COc1cccc(C(F)(F)F)c1. The van der Waals surface area contributed by atoms with E-state index in [1.807, 2.05) is 0 Å². The van der Waals surface area contributed by atoms with Crippen molar-refractivity contribution in [3.8, 4) is 5.75 Å². The first-order valence-corrected chi connectivity index (χ1v) is 8.94. The number of fused-ring (bicyclic) bond motifs is 1. The van der Waals surface area contributed by atoms with E-state index in [-0.39, 0.29) is 25.4 Å². The lowest BCUT2D eigenvalue weighted by molar-refractivity contribution is -0.137. The molecule has 0 aliphatic rings. The van der Waals surface area contributed by atoms with Crippen molar-refractivity contribution in [1.29, 1.82) is 0 Å². The summed E-state index contributed by atoms with van der Waals surface area (Å²) < 4.78 is 44.2. The lowest BCUT2D eigenvalue weighted by Gasteiger charge is -2.14. The van der Waals surface area contributed by atoms with Crippen molar-refractivity contribution in [2.45, 2.75) is 18.8 Å². The first kappa shape index (κ1) is 21.3. The molecule has 1 unspecified atom stereocenters. The minimum absolute atomic E-state index is 0.0536. The number of ether oxygens (including phenoxy) is 1. The van der Waals surface area contributed by atoms with Crippen LogP contribution in [0, 0.1) is 0 Å². The molecule has 0 saturated carbocycles. The standard InChI is InChI=1S/C20H18F3N3O4/c21-20(22,23)14-5-3-6-16(8-14)30-12-15(27)10-24-18(28)11-26-19(29)17-7-2-1-4-13(17)9-25-26/h1-9,15,27H,10-12H2,(H,24,28). The summed E-state index contributed by atoms with van der Waals surface area (Å²) in [6, 6.07) is 11.1. The van der Waals surface area contributed by atoms with Gasteiger partial charge in [-0.05, 0) is 24.3 Å². The molecule has 2 aromatic carbocycles. The molecule has 2 N–H and O–H groups in total. The highest BCUT2D eigenvalue weighted by Gasteiger charge is 2.30. The van der Waals surface area contributed by atoms with Gasteiger partial charge in [-0.15, -0.1) is 0 Å². The predicted molar refractivity (Wildman–Crippen MR) is 102 cm³/mol. The number of amides is 1. The van der Waals surface area contributed by atoms with Crippen LogP contribution in [0.2, 0.25) is 0 Å². The molecule has 1 atom stereocenters. The van der Waals surface area contributed by atoms with Gasteiger partial charge in [-0.1, -0.05) is 24.3 Å². The number of nitrogens with zero attached hydrogens (tertiary/aromatic N) is 2. The highest BCUT2D eigenvalue weighted by Crippen LogP contribution is 2.31. The number of aliphatic hydroxyl groups excluding tert-OH is 1. The largest absolute Gasteiger partial charge is 0.491 e. The lowest BCUT2D eigenvalue weighted by Crippen LogP contribution is -2.39. The highest BCUT2D eigenvalue weighted by molar-refractivity contribution is 5.81. The number of nitrogens with one attached hydrogen (secondary N) is 1. The molecule has 0 radical (unpaired) electrons. The summed E-state index contributed by atoms with van der Waals surface area (Å²) in [6.45, 7) is -0.874. The zero-order valence-electron chi connectivity index (χ0n) is 15.6. The van der Waals surface area contributed by atoms with Gasteiger partial charge in [0.15, 0.2) is 0 Å². The van der Waals surface area contributed by atoms with Crippen LogP contribution in [0.15, 0.2) is 59.5 Å². The summed E-state index contributed by atoms with van der Waals surface area (Å²) >= 11 is 0. The van der Waals surface area contributed by atoms with Crippen LogP contribution in [0.25, 0.3) is 10.8 Å². The minimum Gasteiger partial charge on any atom is -0.491 e. The smallest absolute Gasteiger partial charge is 0.416 e. The molecule has 10 heteroatoms. The predicted octanol–water partition coefficient (Wildman–Crippen LogP) is 1.97. The van der Waals surface area contributed by atoms with Gasteiger partial charge in [-0.3, -0.25) is 9.59 Å². The van der Waals surface area contributed by atoms with E-state index in [2.05, 4.69) is 10.4 Å². The van der Waals surface area contributed by atoms with Gasteiger partial charge in [-0.25, -0.2) is 4.68 Å². The van der Waals surface area contributed by atoms with E-state index in [0.717, 1.165) is 16.8 Å². The van der Waals surface area contributed by atoms with E-state index in [1.165, 1.54) is 18.3 Å². The van der Waals surface area contributed by atoms with Crippen LogP contribution in [0.1, 0.15) is 5.56 Å². The van der Waals surface area contributed by atoms with Gasteiger partial charge >= 0.3 is 6.18 Å². The fraction of sp³-hybridized carbons (Fsp3) is 0.250. The van der Waals surface area contributed by atoms with Crippen molar-refractivity contribution < 1.29 is 27.8 Å². The third-order valence-electron chi connectivity index (χ3n) is 4.19. The number of halogens is 3. The average Bonchev–Trinajstić information content (AvgIpc) is 2.72. The Hall–Kier alpha value is -3.40. The second-order valence-corrected chi connectivity index (χ2v) is 6.49. The van der Waals surface area contributed by atoms with E-state index < -0.39 is 29.3 Å². The maximum absolute atomic E-state index is 12.7. The Morgan fingerprint density at radius 3 is 2.73 bits per heavy atom. The van der Waals surface area contributed by atoms with Gasteiger partial charge in [0.25, 0.3) is 5.56 Å². The molecule has 0 fully saturated rings. The maximum atomic E-state index is 12.7. The minimum atomic E-state index is -4.50. The third kappa shape index (κ3) is 5.35. The topological polar surface area (TPSA) is 93.5 Å². The normalized spacial score (nSPS) is 12.5. The third-order valence-corrected chi connectivity index (χ3v) is 4.19. The van der Waals surface area contributed by atoms with Crippen molar-refractivity contribution in [3.63, 3.8) is 0 Å². The molecule has 158 valence electrons. The van der Waals surface area contributed by atoms with E-state index in [9.17, 15) is 27.9 Å². The quantitative estimate of drug-likeness (QED) is 0.609. The number of aromatic nitrogens is 2. The fourth-order valence-electron chi connectivity index (χ4n) is 2.68. The highest BCUT2D eigenvalue weighted by atomic mass is 19.4. The van der Waals surface area contributed by atoms with Crippen molar-refractivity contribution >= 4 is 16.7 Å². The Morgan fingerprint density at radius 2 is 1.97 bits per heavy atom. The zero-order chi connectivity index (χ0) is 21.7. The molecule has 7 nitrogen and oxygen atoms in total. The van der Waals surface area contributed by atoms with Gasteiger partial charge in [0.2, 0.25) is 5.91 Å². The number of benzene rings is 2. The summed E-state index contributed by atoms with van der Waals surface area (Å²) in [5.74, 6) is -0.611. The molecule has 3 aromatic rings. The van der Waals surface area contributed by atoms with Gasteiger partial charge in [0, 0.05) is 11.9 Å². The Morgan fingerprint density at radius 1 is 1.20 bits per heavy atom. The average molecular weight is 421 g/mol. The Labute approximate surface area is 168 Å². The van der Waals surface area contributed by atoms with Gasteiger partial charge in [0.05, 0.1) is 17.1 Å². The van der Waals surface area contributed by atoms with E-state index >= 15 is 0 Å². The van der Waals surface area contributed by atoms with Gasteiger partial charge < -0.3 is 15.2 Å². The second kappa shape index (κ2) is 8.95. The first-order valence-electron chi connectivity index (χ1n) is 8.94. The number of hydrogen-bond donors (Lipinski definition) is 2. The van der Waals surface area contributed by atoms with Crippen molar-refractivity contribution in [1.82, 2.24) is 15.1 Å². The number of aliphatic hydroxyl groups is 1. The Balaban J connectivity index is 1.50. The van der Waals surface area contributed by atoms with Crippen LogP contribution in [0.3, 0.4) is 0 Å². The second-order valence-electron chi connectivity index (χ2n) is 6.49. The molecule has 0 spiro atoms. The van der Waals surface area contributed by atoms with Crippen LogP contribution < -0.4 is 15.6 Å². The summed E-state index contributed by atoms with van der Waals surface area (Å²) in [7, 11) is 0.